The molecule has 1 aromatic heterocycles. The number of aromatic nitrogens is 2. The Kier molecular flexibility index (Phi) is 7.82. The van der Waals surface area contributed by atoms with Gasteiger partial charge in [0, 0.05) is 31.2 Å². The standard InChI is InChI=1S/C29H32N6O2S/c1-18-14-21(16-30)15-19(2)25(18)37-28-26-24(4-3-13-38-26)33-29(34-28)32-23-9-11-35(12-10-23)17-20-5-7-22(8-6-20)27(31)36/h5-8,14-15,23H,3-4,9-13,17H2,1-2H3,(H2,31,36)(H,32,33,34). The van der Waals surface area contributed by atoms with E-state index in [1.54, 1.807) is 23.9 Å². The molecule has 2 aliphatic heterocycles. The third-order valence-corrected chi connectivity index (χ3v) is 8.25. The van der Waals surface area contributed by atoms with Crippen molar-refractivity contribution in [2.45, 2.75) is 57.0 Å². The number of fused-ring (bicyclic) bond motifs is 1. The molecule has 0 aliphatic carbocycles. The summed E-state index contributed by atoms with van der Waals surface area (Å²) in [5.74, 6) is 2.58. The van der Waals surface area contributed by atoms with Gasteiger partial charge < -0.3 is 15.8 Å². The van der Waals surface area contributed by atoms with Gasteiger partial charge in [-0.25, -0.2) is 4.98 Å². The van der Waals surface area contributed by atoms with Crippen LogP contribution < -0.4 is 15.8 Å². The molecule has 0 atom stereocenters. The van der Waals surface area contributed by atoms with Gasteiger partial charge >= 0.3 is 0 Å². The Morgan fingerprint density at radius 2 is 1.89 bits per heavy atom. The maximum atomic E-state index is 11.3. The molecule has 0 saturated carbocycles. The molecule has 9 heteroatoms. The van der Waals surface area contributed by atoms with E-state index >= 15 is 0 Å². The van der Waals surface area contributed by atoms with Crippen molar-refractivity contribution in [3.8, 4) is 17.7 Å². The summed E-state index contributed by atoms with van der Waals surface area (Å²) in [7, 11) is 0. The van der Waals surface area contributed by atoms with Crippen molar-refractivity contribution in [3.05, 3.63) is 69.9 Å². The monoisotopic (exact) mass is 528 g/mol. The van der Waals surface area contributed by atoms with Crippen LogP contribution in [0.3, 0.4) is 0 Å². The van der Waals surface area contributed by atoms with Crippen LogP contribution in [0, 0.1) is 25.2 Å². The number of hydrogen-bond donors (Lipinski definition) is 2. The molecule has 8 nitrogen and oxygen atoms in total. The number of anilines is 1. The number of hydrogen-bond acceptors (Lipinski definition) is 8. The van der Waals surface area contributed by atoms with E-state index in [0.29, 0.717) is 23.0 Å². The number of primary amides is 1. The average Bonchev–Trinajstić information content (AvgIpc) is 2.92. The lowest BCUT2D eigenvalue weighted by Gasteiger charge is -2.32. The second-order valence-electron chi connectivity index (χ2n) is 9.99. The summed E-state index contributed by atoms with van der Waals surface area (Å²) >= 11 is 1.75. The number of nitriles is 1. The van der Waals surface area contributed by atoms with Gasteiger partial charge in [0.2, 0.25) is 17.7 Å². The molecule has 5 rings (SSSR count). The number of piperidine rings is 1. The van der Waals surface area contributed by atoms with Gasteiger partial charge in [0.05, 0.1) is 22.2 Å². The van der Waals surface area contributed by atoms with Crippen LogP contribution in [0.15, 0.2) is 41.3 Å². The maximum absolute atomic E-state index is 11.3. The number of aryl methyl sites for hydroxylation is 3. The molecule has 3 aromatic rings. The highest BCUT2D eigenvalue weighted by Crippen LogP contribution is 2.40. The first-order chi connectivity index (χ1) is 18.4. The number of nitrogens with one attached hydrogen (secondary N) is 1. The van der Waals surface area contributed by atoms with Gasteiger partial charge in [-0.1, -0.05) is 12.1 Å². The van der Waals surface area contributed by atoms with E-state index in [9.17, 15) is 10.1 Å². The molecule has 0 radical (unpaired) electrons. The highest BCUT2D eigenvalue weighted by atomic mass is 32.2. The second kappa shape index (κ2) is 11.4. The molecular formula is C29H32N6O2S. The Hall–Kier alpha value is -3.61. The van der Waals surface area contributed by atoms with Gasteiger partial charge in [-0.15, -0.1) is 11.8 Å². The fraction of sp³-hybridized carbons (Fsp3) is 0.379. The molecule has 196 valence electrons. The van der Waals surface area contributed by atoms with E-state index in [4.69, 9.17) is 20.4 Å². The van der Waals surface area contributed by atoms with Crippen molar-refractivity contribution in [2.75, 3.05) is 24.2 Å². The normalized spacial score (nSPS) is 15.9. The summed E-state index contributed by atoms with van der Waals surface area (Å²) in [5, 5.41) is 12.9. The van der Waals surface area contributed by atoms with E-state index < -0.39 is 5.91 Å². The zero-order valence-electron chi connectivity index (χ0n) is 21.8. The molecule has 2 aromatic carbocycles. The number of carbonyl (C=O) groups excluding carboxylic acids is 1. The van der Waals surface area contributed by atoms with Crippen LogP contribution in [0.25, 0.3) is 0 Å². The molecule has 0 unspecified atom stereocenters. The average molecular weight is 529 g/mol. The Bertz CT molecular complexity index is 1350. The summed E-state index contributed by atoms with van der Waals surface area (Å²) < 4.78 is 6.42. The molecular weight excluding hydrogens is 496 g/mol. The molecule has 1 saturated heterocycles. The van der Waals surface area contributed by atoms with Crippen LogP contribution in [-0.2, 0) is 13.0 Å². The predicted octanol–water partition coefficient (Wildman–Crippen LogP) is 4.97. The summed E-state index contributed by atoms with van der Waals surface area (Å²) in [5.41, 5.74) is 10.6. The predicted molar refractivity (Wildman–Crippen MR) is 149 cm³/mol. The molecule has 0 spiro atoms. The number of benzene rings is 2. The maximum Gasteiger partial charge on any atom is 0.248 e. The Morgan fingerprint density at radius 3 is 2.55 bits per heavy atom. The third-order valence-electron chi connectivity index (χ3n) is 7.06. The lowest BCUT2D eigenvalue weighted by molar-refractivity contribution is 0.1000. The van der Waals surface area contributed by atoms with E-state index in [1.807, 2.05) is 38.1 Å². The van der Waals surface area contributed by atoms with Crippen molar-refractivity contribution in [2.24, 2.45) is 5.73 Å². The SMILES string of the molecule is Cc1cc(C#N)cc(C)c1Oc1nc(NC2CCN(Cc3ccc(C(N)=O)cc3)CC2)nc2c1SCCC2. The largest absolute Gasteiger partial charge is 0.437 e. The van der Waals surface area contributed by atoms with Crippen molar-refractivity contribution in [3.63, 3.8) is 0 Å². The van der Waals surface area contributed by atoms with Gasteiger partial charge in [-0.3, -0.25) is 9.69 Å². The summed E-state index contributed by atoms with van der Waals surface area (Å²) in [6.45, 7) is 6.69. The van der Waals surface area contributed by atoms with Crippen molar-refractivity contribution in [1.29, 1.82) is 5.26 Å². The molecule has 0 bridgehead atoms. The van der Waals surface area contributed by atoms with Gasteiger partial charge in [-0.2, -0.15) is 10.2 Å². The van der Waals surface area contributed by atoms with Crippen LogP contribution >= 0.6 is 11.8 Å². The number of ether oxygens (including phenoxy) is 1. The zero-order chi connectivity index (χ0) is 26.6. The minimum absolute atomic E-state index is 0.281. The van der Waals surface area contributed by atoms with Gasteiger partial charge in [-0.05, 0) is 86.2 Å². The lowest BCUT2D eigenvalue weighted by Crippen LogP contribution is -2.39. The zero-order valence-corrected chi connectivity index (χ0v) is 22.6. The Labute approximate surface area is 227 Å². The quantitative estimate of drug-likeness (QED) is 0.441. The molecule has 1 fully saturated rings. The van der Waals surface area contributed by atoms with E-state index in [1.165, 1.54) is 5.56 Å². The fourth-order valence-electron chi connectivity index (χ4n) is 5.06. The second-order valence-corrected chi connectivity index (χ2v) is 11.1. The number of rotatable bonds is 7. The smallest absolute Gasteiger partial charge is 0.248 e. The van der Waals surface area contributed by atoms with Crippen LogP contribution in [0.2, 0.25) is 0 Å². The summed E-state index contributed by atoms with van der Waals surface area (Å²) in [6.07, 6.45) is 3.96. The molecule has 3 N–H and O–H groups in total. The van der Waals surface area contributed by atoms with Crippen molar-refractivity contribution in [1.82, 2.24) is 14.9 Å². The van der Waals surface area contributed by atoms with Gasteiger partial charge in [0.25, 0.3) is 0 Å². The third kappa shape index (κ3) is 5.93. The molecule has 3 heterocycles. The first-order valence-electron chi connectivity index (χ1n) is 13.0. The first-order valence-corrected chi connectivity index (χ1v) is 14.0. The summed E-state index contributed by atoms with van der Waals surface area (Å²) in [4.78, 5) is 24.4. The van der Waals surface area contributed by atoms with Crippen LogP contribution in [-0.4, -0.2) is 45.7 Å². The van der Waals surface area contributed by atoms with E-state index in [2.05, 4.69) is 16.3 Å². The van der Waals surface area contributed by atoms with Crippen LogP contribution in [0.1, 0.15) is 57.6 Å². The van der Waals surface area contributed by atoms with Crippen molar-refractivity contribution >= 4 is 23.6 Å². The van der Waals surface area contributed by atoms with Gasteiger partial charge in [0.1, 0.15) is 5.75 Å². The highest BCUT2D eigenvalue weighted by Gasteiger charge is 2.24. The molecule has 1 amide bonds. The molecule has 38 heavy (non-hydrogen) atoms. The Balaban J connectivity index is 1.27. The topological polar surface area (TPSA) is 117 Å². The molecule has 2 aliphatic rings. The fourth-order valence-corrected chi connectivity index (χ4v) is 6.08. The van der Waals surface area contributed by atoms with Gasteiger partial charge in [0.15, 0.2) is 0 Å². The van der Waals surface area contributed by atoms with E-state index in [0.717, 1.165) is 78.5 Å². The number of nitrogens with zero attached hydrogens (tertiary/aromatic N) is 4. The number of nitrogens with two attached hydrogens (primary N) is 1. The van der Waals surface area contributed by atoms with Crippen LogP contribution in [0.5, 0.6) is 11.6 Å². The number of amides is 1. The minimum atomic E-state index is -0.401. The number of carbonyl (C=O) groups is 1. The first kappa shape index (κ1) is 26.0. The van der Waals surface area contributed by atoms with Crippen LogP contribution in [0.4, 0.5) is 5.95 Å². The summed E-state index contributed by atoms with van der Waals surface area (Å²) in [6, 6.07) is 13.7. The number of thioether (sulfide) groups is 1. The van der Waals surface area contributed by atoms with E-state index in [-0.39, 0.29) is 6.04 Å². The lowest BCUT2D eigenvalue weighted by atomic mass is 10.0. The van der Waals surface area contributed by atoms with Crippen molar-refractivity contribution < 1.29 is 9.53 Å². The minimum Gasteiger partial charge on any atom is -0.437 e. The highest BCUT2D eigenvalue weighted by molar-refractivity contribution is 7.99. The Morgan fingerprint density at radius 1 is 1.18 bits per heavy atom. The number of likely N-dealkylation sites (tertiary alicyclic amines) is 1.